The van der Waals surface area contributed by atoms with Crippen molar-refractivity contribution in [3.63, 3.8) is 0 Å². The maximum absolute atomic E-state index is 12.4. The van der Waals surface area contributed by atoms with E-state index in [9.17, 15) is 4.79 Å². The van der Waals surface area contributed by atoms with Crippen LogP contribution in [0.1, 0.15) is 48.7 Å². The SMILES string of the molecule is CCC1CCCCC1C(=O)c1ccc(Br)s1. The molecule has 1 heterocycles. The number of halogens is 1. The Morgan fingerprint density at radius 1 is 1.44 bits per heavy atom. The zero-order valence-electron chi connectivity index (χ0n) is 9.54. The lowest BCUT2D eigenvalue weighted by Crippen LogP contribution is -2.26. The van der Waals surface area contributed by atoms with E-state index in [2.05, 4.69) is 22.9 Å². The molecule has 2 rings (SSSR count). The molecule has 3 heteroatoms. The third-order valence-electron chi connectivity index (χ3n) is 3.59. The van der Waals surface area contributed by atoms with Crippen LogP contribution in [0.5, 0.6) is 0 Å². The molecule has 0 aliphatic heterocycles. The Morgan fingerprint density at radius 2 is 2.19 bits per heavy atom. The van der Waals surface area contributed by atoms with Gasteiger partial charge in [-0.05, 0) is 46.8 Å². The molecular weight excluding hydrogens is 284 g/mol. The van der Waals surface area contributed by atoms with Crippen molar-refractivity contribution in [3.05, 3.63) is 20.8 Å². The molecule has 0 amide bonds. The topological polar surface area (TPSA) is 17.1 Å². The molecule has 16 heavy (non-hydrogen) atoms. The quantitative estimate of drug-likeness (QED) is 0.725. The van der Waals surface area contributed by atoms with E-state index in [4.69, 9.17) is 0 Å². The summed E-state index contributed by atoms with van der Waals surface area (Å²) in [5.74, 6) is 1.27. The summed E-state index contributed by atoms with van der Waals surface area (Å²) in [7, 11) is 0. The summed E-state index contributed by atoms with van der Waals surface area (Å²) in [5, 5.41) is 0. The molecule has 0 bridgehead atoms. The average molecular weight is 301 g/mol. The second-order valence-electron chi connectivity index (χ2n) is 4.53. The van der Waals surface area contributed by atoms with Crippen molar-refractivity contribution in [2.45, 2.75) is 39.0 Å². The highest BCUT2D eigenvalue weighted by atomic mass is 79.9. The lowest BCUT2D eigenvalue weighted by atomic mass is 9.75. The summed E-state index contributed by atoms with van der Waals surface area (Å²) in [5.41, 5.74) is 0. The number of hydrogen-bond acceptors (Lipinski definition) is 2. The minimum atomic E-state index is 0.282. The van der Waals surface area contributed by atoms with Gasteiger partial charge in [0.05, 0.1) is 8.66 Å². The Hall–Kier alpha value is -0.150. The van der Waals surface area contributed by atoms with Crippen LogP contribution in [0.2, 0.25) is 0 Å². The molecule has 1 saturated carbocycles. The standard InChI is InChI=1S/C13H17BrOS/c1-2-9-5-3-4-6-10(9)13(15)11-7-8-12(14)16-11/h7-10H,2-6H2,1H3. The molecule has 0 N–H and O–H groups in total. The van der Waals surface area contributed by atoms with Crippen LogP contribution in [0.3, 0.4) is 0 Å². The molecule has 1 aromatic rings. The Labute approximate surface area is 109 Å². The maximum Gasteiger partial charge on any atom is 0.176 e. The number of Topliss-reactive ketones (excluding diaryl/α,β-unsaturated/α-hetero) is 1. The van der Waals surface area contributed by atoms with Crippen molar-refractivity contribution >= 4 is 33.0 Å². The number of hydrogen-bond donors (Lipinski definition) is 0. The minimum Gasteiger partial charge on any atom is -0.293 e. The molecule has 2 atom stereocenters. The zero-order chi connectivity index (χ0) is 11.5. The molecule has 1 aliphatic rings. The van der Waals surface area contributed by atoms with Crippen molar-refractivity contribution in [1.82, 2.24) is 0 Å². The van der Waals surface area contributed by atoms with Crippen molar-refractivity contribution < 1.29 is 4.79 Å². The first-order valence-electron chi connectivity index (χ1n) is 6.02. The predicted molar refractivity (Wildman–Crippen MR) is 72.1 cm³/mol. The largest absolute Gasteiger partial charge is 0.293 e. The molecule has 1 fully saturated rings. The third-order valence-corrected chi connectivity index (χ3v) is 5.22. The van der Waals surface area contributed by atoms with Crippen LogP contribution in [0.15, 0.2) is 15.9 Å². The van der Waals surface area contributed by atoms with E-state index < -0.39 is 0 Å². The van der Waals surface area contributed by atoms with Gasteiger partial charge in [0.15, 0.2) is 5.78 Å². The first kappa shape index (κ1) is 12.3. The van der Waals surface area contributed by atoms with Gasteiger partial charge in [-0.1, -0.05) is 26.2 Å². The van der Waals surface area contributed by atoms with Gasteiger partial charge in [0.1, 0.15) is 0 Å². The van der Waals surface area contributed by atoms with Crippen LogP contribution in [0.25, 0.3) is 0 Å². The van der Waals surface area contributed by atoms with Crippen LogP contribution >= 0.6 is 27.3 Å². The van der Waals surface area contributed by atoms with Gasteiger partial charge in [-0.3, -0.25) is 4.79 Å². The lowest BCUT2D eigenvalue weighted by molar-refractivity contribution is 0.0825. The van der Waals surface area contributed by atoms with E-state index in [-0.39, 0.29) is 5.92 Å². The monoisotopic (exact) mass is 300 g/mol. The molecule has 2 unspecified atom stereocenters. The van der Waals surface area contributed by atoms with Crippen molar-refractivity contribution in [2.24, 2.45) is 11.8 Å². The molecule has 1 aromatic heterocycles. The van der Waals surface area contributed by atoms with Gasteiger partial charge < -0.3 is 0 Å². The van der Waals surface area contributed by atoms with E-state index in [1.165, 1.54) is 19.3 Å². The van der Waals surface area contributed by atoms with E-state index >= 15 is 0 Å². The maximum atomic E-state index is 12.4. The number of carbonyl (C=O) groups excluding carboxylic acids is 1. The highest BCUT2D eigenvalue weighted by Crippen LogP contribution is 2.36. The average Bonchev–Trinajstić information content (AvgIpc) is 2.75. The number of carbonyl (C=O) groups is 1. The Morgan fingerprint density at radius 3 is 2.81 bits per heavy atom. The first-order valence-corrected chi connectivity index (χ1v) is 7.63. The molecule has 1 aliphatic carbocycles. The summed E-state index contributed by atoms with van der Waals surface area (Å²) in [4.78, 5) is 13.3. The van der Waals surface area contributed by atoms with Gasteiger partial charge in [-0.15, -0.1) is 11.3 Å². The van der Waals surface area contributed by atoms with E-state index in [0.717, 1.165) is 21.5 Å². The van der Waals surface area contributed by atoms with Gasteiger partial charge in [-0.25, -0.2) is 0 Å². The number of rotatable bonds is 3. The normalized spacial score (nSPS) is 25.6. The van der Waals surface area contributed by atoms with Crippen molar-refractivity contribution in [1.29, 1.82) is 0 Å². The Balaban J connectivity index is 2.13. The molecule has 88 valence electrons. The molecule has 0 saturated heterocycles. The molecule has 0 radical (unpaired) electrons. The summed E-state index contributed by atoms with van der Waals surface area (Å²) in [6.07, 6.45) is 5.99. The molecular formula is C13H17BrOS. The molecule has 0 aromatic carbocycles. The smallest absolute Gasteiger partial charge is 0.176 e. The second-order valence-corrected chi connectivity index (χ2v) is 6.99. The first-order chi connectivity index (χ1) is 7.72. The van der Waals surface area contributed by atoms with Crippen LogP contribution in [-0.2, 0) is 0 Å². The van der Waals surface area contributed by atoms with Crippen LogP contribution in [0, 0.1) is 11.8 Å². The Bertz CT molecular complexity index is 372. The van der Waals surface area contributed by atoms with Gasteiger partial charge in [-0.2, -0.15) is 0 Å². The Kier molecular flexibility index (Phi) is 4.20. The fraction of sp³-hybridized carbons (Fsp3) is 0.615. The summed E-state index contributed by atoms with van der Waals surface area (Å²) in [6.45, 7) is 2.21. The predicted octanol–water partition coefficient (Wildman–Crippen LogP) is 4.91. The van der Waals surface area contributed by atoms with Crippen LogP contribution in [0.4, 0.5) is 0 Å². The van der Waals surface area contributed by atoms with Crippen LogP contribution in [-0.4, -0.2) is 5.78 Å². The number of ketones is 1. The fourth-order valence-electron chi connectivity index (χ4n) is 2.67. The van der Waals surface area contributed by atoms with E-state index in [1.807, 2.05) is 12.1 Å². The molecule has 1 nitrogen and oxygen atoms in total. The zero-order valence-corrected chi connectivity index (χ0v) is 11.9. The van der Waals surface area contributed by atoms with E-state index in [0.29, 0.717) is 11.7 Å². The van der Waals surface area contributed by atoms with E-state index in [1.54, 1.807) is 11.3 Å². The van der Waals surface area contributed by atoms with Gasteiger partial charge in [0.25, 0.3) is 0 Å². The third kappa shape index (κ3) is 2.57. The summed E-state index contributed by atoms with van der Waals surface area (Å²) >= 11 is 4.99. The summed E-state index contributed by atoms with van der Waals surface area (Å²) < 4.78 is 1.06. The second kappa shape index (κ2) is 5.46. The number of thiophene rings is 1. The molecule has 0 spiro atoms. The minimum absolute atomic E-state index is 0.282. The van der Waals surface area contributed by atoms with Crippen molar-refractivity contribution in [3.8, 4) is 0 Å². The van der Waals surface area contributed by atoms with Gasteiger partial charge in [0, 0.05) is 5.92 Å². The fourth-order valence-corrected chi connectivity index (χ4v) is 4.06. The van der Waals surface area contributed by atoms with Crippen molar-refractivity contribution in [2.75, 3.05) is 0 Å². The highest BCUT2D eigenvalue weighted by molar-refractivity contribution is 9.11. The van der Waals surface area contributed by atoms with Gasteiger partial charge in [0.2, 0.25) is 0 Å². The highest BCUT2D eigenvalue weighted by Gasteiger charge is 2.30. The summed E-state index contributed by atoms with van der Waals surface area (Å²) in [6, 6.07) is 3.93. The van der Waals surface area contributed by atoms with Crippen LogP contribution < -0.4 is 0 Å². The van der Waals surface area contributed by atoms with Gasteiger partial charge >= 0.3 is 0 Å². The lowest BCUT2D eigenvalue weighted by Gasteiger charge is -2.29.